The molecule has 28 heavy (non-hydrogen) atoms. The van der Waals surface area contributed by atoms with Crippen molar-refractivity contribution in [1.82, 2.24) is 14.5 Å². The average molecular weight is 394 g/mol. The summed E-state index contributed by atoms with van der Waals surface area (Å²) in [6, 6.07) is 11.1. The molecule has 2 heterocycles. The van der Waals surface area contributed by atoms with Gasteiger partial charge in [-0.1, -0.05) is 76.1 Å². The Hall–Kier alpha value is -1.81. The fraction of sp³-hybridized carbons (Fsp3) is 0.500. The van der Waals surface area contributed by atoms with Gasteiger partial charge in [0.05, 0.1) is 23.8 Å². The van der Waals surface area contributed by atoms with Crippen molar-refractivity contribution in [2.75, 3.05) is 5.75 Å². The molecular formula is C24H31N3S. The summed E-state index contributed by atoms with van der Waals surface area (Å²) in [4.78, 5) is 9.29. The van der Waals surface area contributed by atoms with E-state index in [0.717, 1.165) is 28.7 Å². The van der Waals surface area contributed by atoms with Crippen LogP contribution in [-0.4, -0.2) is 20.3 Å². The van der Waals surface area contributed by atoms with Crippen LogP contribution in [0.2, 0.25) is 0 Å². The Kier molecular flexibility index (Phi) is 5.77. The molecule has 1 fully saturated rings. The number of thioether (sulfide) groups is 1. The zero-order valence-electron chi connectivity index (χ0n) is 17.3. The highest BCUT2D eigenvalue weighted by atomic mass is 32.2. The molecule has 0 amide bonds. The Morgan fingerprint density at radius 2 is 1.79 bits per heavy atom. The number of pyridine rings is 1. The lowest BCUT2D eigenvalue weighted by molar-refractivity contribution is 0.390. The maximum Gasteiger partial charge on any atom is 0.169 e. The topological polar surface area (TPSA) is 30.7 Å². The molecule has 3 nitrogen and oxygen atoms in total. The Labute approximate surface area is 173 Å². The molecule has 1 aliphatic rings. The minimum Gasteiger partial charge on any atom is -0.313 e. The number of rotatable bonds is 5. The van der Waals surface area contributed by atoms with Gasteiger partial charge in [-0.2, -0.15) is 0 Å². The number of aromatic nitrogens is 3. The number of fused-ring (bicyclic) bond motifs is 1. The SMILES string of the molecule is CC(C)(C)c1ccc(Cn2c(SCC3CCCCC3)nc3ccncc32)cc1. The van der Waals surface area contributed by atoms with E-state index in [-0.39, 0.29) is 5.41 Å². The third-order valence-corrected chi connectivity index (χ3v) is 7.06. The van der Waals surface area contributed by atoms with Crippen molar-refractivity contribution < 1.29 is 0 Å². The minimum atomic E-state index is 0.186. The first kappa shape index (κ1) is 19.5. The van der Waals surface area contributed by atoms with Gasteiger partial charge in [0.15, 0.2) is 5.16 Å². The van der Waals surface area contributed by atoms with Crippen LogP contribution in [0.4, 0.5) is 0 Å². The van der Waals surface area contributed by atoms with Crippen LogP contribution in [0.3, 0.4) is 0 Å². The molecule has 0 spiro atoms. The highest BCUT2D eigenvalue weighted by molar-refractivity contribution is 7.99. The van der Waals surface area contributed by atoms with Gasteiger partial charge in [0.2, 0.25) is 0 Å². The van der Waals surface area contributed by atoms with E-state index in [2.05, 4.69) is 54.6 Å². The second kappa shape index (κ2) is 8.28. The fourth-order valence-electron chi connectivity index (χ4n) is 4.05. The second-order valence-electron chi connectivity index (χ2n) is 9.11. The van der Waals surface area contributed by atoms with Crippen LogP contribution in [0.15, 0.2) is 47.9 Å². The smallest absolute Gasteiger partial charge is 0.169 e. The predicted molar refractivity (Wildman–Crippen MR) is 119 cm³/mol. The van der Waals surface area contributed by atoms with Gasteiger partial charge in [-0.25, -0.2) is 4.98 Å². The van der Waals surface area contributed by atoms with E-state index in [1.165, 1.54) is 49.0 Å². The first-order valence-electron chi connectivity index (χ1n) is 10.5. The summed E-state index contributed by atoms with van der Waals surface area (Å²) in [5.74, 6) is 2.02. The van der Waals surface area contributed by atoms with E-state index in [1.54, 1.807) is 0 Å². The Morgan fingerprint density at radius 1 is 1.04 bits per heavy atom. The summed E-state index contributed by atoms with van der Waals surface area (Å²) in [6.07, 6.45) is 10.8. The Bertz CT molecular complexity index is 915. The molecule has 0 bridgehead atoms. The molecule has 3 aromatic rings. The molecule has 0 atom stereocenters. The van der Waals surface area contributed by atoms with Crippen molar-refractivity contribution in [3.63, 3.8) is 0 Å². The molecule has 1 saturated carbocycles. The van der Waals surface area contributed by atoms with Gasteiger partial charge in [-0.15, -0.1) is 0 Å². The van der Waals surface area contributed by atoms with Crippen molar-refractivity contribution >= 4 is 22.8 Å². The summed E-state index contributed by atoms with van der Waals surface area (Å²) >= 11 is 1.93. The molecule has 2 aromatic heterocycles. The standard InChI is InChI=1S/C24H31N3S/c1-24(2,3)20-11-9-18(10-12-20)16-27-22-15-25-14-13-21(22)26-23(27)28-17-19-7-5-4-6-8-19/h9-15,19H,4-8,16-17H2,1-3H3. The van der Waals surface area contributed by atoms with Crippen LogP contribution < -0.4 is 0 Å². The highest BCUT2D eigenvalue weighted by Crippen LogP contribution is 2.32. The highest BCUT2D eigenvalue weighted by Gasteiger charge is 2.18. The zero-order chi connectivity index (χ0) is 19.6. The first-order valence-corrected chi connectivity index (χ1v) is 11.5. The van der Waals surface area contributed by atoms with Crippen LogP contribution in [0.25, 0.3) is 11.0 Å². The van der Waals surface area contributed by atoms with E-state index in [9.17, 15) is 0 Å². The number of benzene rings is 1. The summed E-state index contributed by atoms with van der Waals surface area (Å²) in [7, 11) is 0. The number of nitrogens with zero attached hydrogens (tertiary/aromatic N) is 3. The largest absolute Gasteiger partial charge is 0.313 e. The van der Waals surface area contributed by atoms with Crippen LogP contribution in [-0.2, 0) is 12.0 Å². The lowest BCUT2D eigenvalue weighted by Gasteiger charge is -2.21. The molecule has 0 N–H and O–H groups in total. The van der Waals surface area contributed by atoms with Crippen molar-refractivity contribution in [2.24, 2.45) is 5.92 Å². The first-order chi connectivity index (χ1) is 13.5. The maximum absolute atomic E-state index is 4.94. The molecule has 4 heteroatoms. The van der Waals surface area contributed by atoms with E-state index in [4.69, 9.17) is 4.98 Å². The Morgan fingerprint density at radius 3 is 2.50 bits per heavy atom. The van der Waals surface area contributed by atoms with E-state index < -0.39 is 0 Å². The van der Waals surface area contributed by atoms with E-state index in [0.29, 0.717) is 0 Å². The van der Waals surface area contributed by atoms with Crippen LogP contribution >= 0.6 is 11.8 Å². The zero-order valence-corrected chi connectivity index (χ0v) is 18.1. The predicted octanol–water partition coefficient (Wildman–Crippen LogP) is 6.45. The van der Waals surface area contributed by atoms with Gasteiger partial charge in [0.1, 0.15) is 0 Å². The number of hydrogen-bond donors (Lipinski definition) is 0. The molecule has 0 unspecified atom stereocenters. The minimum absolute atomic E-state index is 0.186. The molecule has 1 aliphatic carbocycles. The fourth-order valence-corrected chi connectivity index (χ4v) is 5.25. The van der Waals surface area contributed by atoms with Gasteiger partial charge >= 0.3 is 0 Å². The van der Waals surface area contributed by atoms with Crippen LogP contribution in [0.5, 0.6) is 0 Å². The summed E-state index contributed by atoms with van der Waals surface area (Å²) in [6.45, 7) is 7.63. The normalized spacial score (nSPS) is 16.0. The van der Waals surface area contributed by atoms with Crippen molar-refractivity contribution in [2.45, 2.75) is 70.0 Å². The quantitative estimate of drug-likeness (QED) is 0.467. The van der Waals surface area contributed by atoms with Gasteiger partial charge in [0.25, 0.3) is 0 Å². The lowest BCUT2D eigenvalue weighted by Crippen LogP contribution is -2.11. The van der Waals surface area contributed by atoms with E-state index >= 15 is 0 Å². The van der Waals surface area contributed by atoms with Gasteiger partial charge in [0, 0.05) is 11.9 Å². The molecule has 4 rings (SSSR count). The summed E-state index contributed by atoms with van der Waals surface area (Å²) < 4.78 is 2.35. The molecule has 148 valence electrons. The Balaban J connectivity index is 1.57. The van der Waals surface area contributed by atoms with Crippen molar-refractivity contribution in [1.29, 1.82) is 0 Å². The van der Waals surface area contributed by atoms with Crippen LogP contribution in [0, 0.1) is 5.92 Å². The van der Waals surface area contributed by atoms with Crippen molar-refractivity contribution in [3.8, 4) is 0 Å². The lowest BCUT2D eigenvalue weighted by atomic mass is 9.87. The van der Waals surface area contributed by atoms with Gasteiger partial charge in [-0.3, -0.25) is 4.98 Å². The molecular weight excluding hydrogens is 362 g/mol. The third-order valence-electron chi connectivity index (χ3n) is 5.85. The van der Waals surface area contributed by atoms with Gasteiger partial charge < -0.3 is 4.57 Å². The molecule has 1 aromatic carbocycles. The molecule has 0 saturated heterocycles. The second-order valence-corrected chi connectivity index (χ2v) is 10.1. The summed E-state index contributed by atoms with van der Waals surface area (Å²) in [5, 5.41) is 1.13. The van der Waals surface area contributed by atoms with Crippen molar-refractivity contribution in [3.05, 3.63) is 53.9 Å². The average Bonchev–Trinajstić information content (AvgIpc) is 3.04. The molecule has 0 aliphatic heterocycles. The molecule has 0 radical (unpaired) electrons. The van der Waals surface area contributed by atoms with Gasteiger partial charge in [-0.05, 0) is 41.4 Å². The third kappa shape index (κ3) is 4.43. The monoisotopic (exact) mass is 393 g/mol. The number of imidazole rings is 1. The summed E-state index contributed by atoms with van der Waals surface area (Å²) in [5.41, 5.74) is 5.06. The van der Waals surface area contributed by atoms with Crippen LogP contribution in [0.1, 0.15) is 64.0 Å². The van der Waals surface area contributed by atoms with E-state index in [1.807, 2.05) is 30.2 Å². The number of hydrogen-bond acceptors (Lipinski definition) is 3. The maximum atomic E-state index is 4.94.